The molecule has 8 aromatic carbocycles. The van der Waals surface area contributed by atoms with Gasteiger partial charge in [-0.1, -0.05) is 140 Å². The van der Waals surface area contributed by atoms with Crippen LogP contribution in [-0.4, -0.2) is 19.5 Å². The third-order valence-electron chi connectivity index (χ3n) is 10.4. The number of nitrogens with zero attached hydrogens (tertiary/aromatic N) is 4. The van der Waals surface area contributed by atoms with Crippen LogP contribution in [0.1, 0.15) is 0 Å². The lowest BCUT2D eigenvalue weighted by atomic mass is 10.0. The molecule has 0 fully saturated rings. The number of aromatic nitrogens is 4. The third kappa shape index (κ3) is 4.90. The first-order chi connectivity index (χ1) is 26.7. The van der Waals surface area contributed by atoms with E-state index in [0.29, 0.717) is 17.5 Å². The van der Waals surface area contributed by atoms with Crippen LogP contribution in [0.25, 0.3) is 105 Å². The maximum atomic E-state index is 6.86. The molecule has 0 saturated heterocycles. The molecule has 5 heteroatoms. The second-order valence-corrected chi connectivity index (χ2v) is 13.7. The minimum Gasteiger partial charge on any atom is -0.454 e. The Morgan fingerprint density at radius 2 is 0.944 bits per heavy atom. The molecule has 5 nitrogen and oxygen atoms in total. The van der Waals surface area contributed by atoms with Gasteiger partial charge in [0.05, 0.1) is 16.7 Å². The number of para-hydroxylation sites is 2. The summed E-state index contributed by atoms with van der Waals surface area (Å²) in [6.45, 7) is 0. The van der Waals surface area contributed by atoms with E-state index in [1.807, 2.05) is 36.4 Å². The lowest BCUT2D eigenvalue weighted by molar-refractivity contribution is 0.666. The van der Waals surface area contributed by atoms with E-state index in [-0.39, 0.29) is 0 Å². The Bertz CT molecular complexity index is 3220. The van der Waals surface area contributed by atoms with Gasteiger partial charge in [-0.3, -0.25) is 0 Å². The number of hydrogen-bond donors (Lipinski definition) is 0. The molecule has 11 rings (SSSR count). The summed E-state index contributed by atoms with van der Waals surface area (Å²) in [4.78, 5) is 15.1. The van der Waals surface area contributed by atoms with Gasteiger partial charge in [-0.25, -0.2) is 15.0 Å². The first-order valence-corrected chi connectivity index (χ1v) is 18.1. The summed E-state index contributed by atoms with van der Waals surface area (Å²) in [6, 6.07) is 63.3. The highest BCUT2D eigenvalue weighted by Crippen LogP contribution is 2.40. The highest BCUT2D eigenvalue weighted by Gasteiger charge is 2.19. The first-order valence-electron chi connectivity index (χ1n) is 18.1. The van der Waals surface area contributed by atoms with Crippen molar-refractivity contribution in [3.05, 3.63) is 182 Å². The molecule has 0 bridgehead atoms. The topological polar surface area (TPSA) is 56.7 Å². The zero-order valence-corrected chi connectivity index (χ0v) is 29.0. The quantitative estimate of drug-likeness (QED) is 0.180. The van der Waals surface area contributed by atoms with E-state index >= 15 is 0 Å². The highest BCUT2D eigenvalue weighted by atomic mass is 16.3. The zero-order valence-electron chi connectivity index (χ0n) is 29.0. The molecule has 252 valence electrons. The molecular weight excluding hydrogens is 661 g/mol. The predicted octanol–water partition coefficient (Wildman–Crippen LogP) is 12.7. The van der Waals surface area contributed by atoms with Crippen LogP contribution in [0.4, 0.5) is 0 Å². The molecule has 3 aromatic heterocycles. The van der Waals surface area contributed by atoms with Gasteiger partial charge in [0.15, 0.2) is 23.1 Å². The van der Waals surface area contributed by atoms with E-state index in [9.17, 15) is 0 Å². The lowest BCUT2D eigenvalue weighted by Gasteiger charge is -2.09. The normalized spacial score (nSPS) is 11.7. The number of hydrogen-bond acceptors (Lipinski definition) is 4. The highest BCUT2D eigenvalue weighted by molar-refractivity contribution is 6.15. The first kappa shape index (κ1) is 30.3. The molecule has 0 N–H and O–H groups in total. The summed E-state index contributed by atoms with van der Waals surface area (Å²) in [5.41, 5.74) is 9.83. The van der Waals surface area contributed by atoms with Gasteiger partial charge in [0.1, 0.15) is 5.58 Å². The van der Waals surface area contributed by atoms with Crippen molar-refractivity contribution in [2.24, 2.45) is 0 Å². The van der Waals surface area contributed by atoms with Crippen LogP contribution >= 0.6 is 0 Å². The average Bonchev–Trinajstić information content (AvgIpc) is 3.78. The van der Waals surface area contributed by atoms with E-state index in [1.165, 1.54) is 21.5 Å². The van der Waals surface area contributed by atoms with Crippen LogP contribution in [0, 0.1) is 0 Å². The van der Waals surface area contributed by atoms with Crippen molar-refractivity contribution in [1.82, 2.24) is 19.5 Å². The second kappa shape index (κ2) is 12.1. The van der Waals surface area contributed by atoms with Crippen molar-refractivity contribution in [2.45, 2.75) is 0 Å². The molecule has 54 heavy (non-hydrogen) atoms. The number of fused-ring (bicyclic) bond motifs is 7. The van der Waals surface area contributed by atoms with Crippen molar-refractivity contribution in [2.75, 3.05) is 0 Å². The second-order valence-electron chi connectivity index (χ2n) is 13.7. The Labute approximate surface area is 310 Å². The zero-order chi connectivity index (χ0) is 35.6. The Kier molecular flexibility index (Phi) is 6.79. The van der Waals surface area contributed by atoms with Gasteiger partial charge in [-0.05, 0) is 64.4 Å². The van der Waals surface area contributed by atoms with Crippen LogP contribution in [0.2, 0.25) is 0 Å². The van der Waals surface area contributed by atoms with Crippen LogP contribution in [-0.2, 0) is 0 Å². The fraction of sp³-hybridized carbons (Fsp3) is 0. The summed E-state index contributed by atoms with van der Waals surface area (Å²) in [5.74, 6) is 1.81. The van der Waals surface area contributed by atoms with Gasteiger partial charge >= 0.3 is 0 Å². The molecule has 0 saturated carbocycles. The maximum absolute atomic E-state index is 6.86. The molecule has 0 spiro atoms. The number of furan rings is 1. The minimum atomic E-state index is 0.584. The van der Waals surface area contributed by atoms with Crippen molar-refractivity contribution in [1.29, 1.82) is 0 Å². The van der Waals surface area contributed by atoms with E-state index < -0.39 is 0 Å². The molecule has 11 aromatic rings. The van der Waals surface area contributed by atoms with Crippen LogP contribution in [0.15, 0.2) is 186 Å². The van der Waals surface area contributed by atoms with E-state index in [4.69, 9.17) is 19.4 Å². The van der Waals surface area contributed by atoms with Crippen molar-refractivity contribution < 1.29 is 4.42 Å². The van der Waals surface area contributed by atoms with E-state index in [0.717, 1.165) is 66.5 Å². The van der Waals surface area contributed by atoms with E-state index in [1.54, 1.807) is 0 Å². The Hall–Kier alpha value is -7.37. The summed E-state index contributed by atoms with van der Waals surface area (Å²) < 4.78 is 9.20. The minimum absolute atomic E-state index is 0.584. The largest absolute Gasteiger partial charge is 0.454 e. The summed E-state index contributed by atoms with van der Waals surface area (Å²) in [5, 5.41) is 6.95. The fourth-order valence-corrected chi connectivity index (χ4v) is 7.83. The summed E-state index contributed by atoms with van der Waals surface area (Å²) in [6.07, 6.45) is 0. The summed E-state index contributed by atoms with van der Waals surface area (Å²) in [7, 11) is 0. The van der Waals surface area contributed by atoms with Crippen molar-refractivity contribution in [3.8, 4) is 51.0 Å². The monoisotopic (exact) mass is 690 g/mol. The van der Waals surface area contributed by atoms with Crippen molar-refractivity contribution in [3.63, 3.8) is 0 Å². The van der Waals surface area contributed by atoms with Gasteiger partial charge in [0.2, 0.25) is 0 Å². The molecule has 0 aliphatic rings. The van der Waals surface area contributed by atoms with Gasteiger partial charge in [0, 0.05) is 38.2 Å². The van der Waals surface area contributed by atoms with Crippen LogP contribution in [0.5, 0.6) is 0 Å². The van der Waals surface area contributed by atoms with Gasteiger partial charge < -0.3 is 8.98 Å². The van der Waals surface area contributed by atoms with Crippen LogP contribution in [0.3, 0.4) is 0 Å². The molecular formula is C49H30N4O. The standard InChI is InChI=1S/C49H30N4O/c1-3-13-31(14-4-1)33-19-11-20-36(27-33)48-50-47(32-15-5-2-6-16-32)51-49(52-48)37-25-26-39-40-22-12-24-43(46(40)54-45(39)30-37)53-42-23-10-9-21-38(42)41-28-34-17-7-8-18-35(34)29-44(41)53/h1-30H. The Balaban J connectivity index is 1.09. The Morgan fingerprint density at radius 1 is 0.352 bits per heavy atom. The van der Waals surface area contributed by atoms with Gasteiger partial charge in [-0.15, -0.1) is 0 Å². The third-order valence-corrected chi connectivity index (χ3v) is 10.4. The smallest absolute Gasteiger partial charge is 0.164 e. The molecule has 0 aliphatic heterocycles. The fourth-order valence-electron chi connectivity index (χ4n) is 7.83. The molecule has 0 amide bonds. The van der Waals surface area contributed by atoms with Crippen molar-refractivity contribution >= 4 is 54.5 Å². The Morgan fingerprint density at radius 3 is 1.74 bits per heavy atom. The number of rotatable bonds is 5. The molecule has 0 radical (unpaired) electrons. The molecule has 3 heterocycles. The predicted molar refractivity (Wildman–Crippen MR) is 221 cm³/mol. The van der Waals surface area contributed by atoms with Gasteiger partial charge in [0.25, 0.3) is 0 Å². The molecule has 0 unspecified atom stereocenters. The number of benzene rings is 8. The lowest BCUT2D eigenvalue weighted by Crippen LogP contribution is -2.00. The average molecular weight is 691 g/mol. The molecule has 0 atom stereocenters. The van der Waals surface area contributed by atoms with Gasteiger partial charge in [-0.2, -0.15) is 0 Å². The summed E-state index contributed by atoms with van der Waals surface area (Å²) >= 11 is 0. The SMILES string of the molecule is c1ccc(-c2cccc(-c3nc(-c4ccccc4)nc(-c4ccc5c(c4)oc4c(-n6c7ccccc7c7cc8ccccc8cc76)cccc45)n3)c2)cc1. The molecule has 0 aliphatic carbocycles. The maximum Gasteiger partial charge on any atom is 0.164 e. The van der Waals surface area contributed by atoms with Crippen LogP contribution < -0.4 is 0 Å². The van der Waals surface area contributed by atoms with E-state index in [2.05, 4.69) is 150 Å².